The number of H-pyrrole nitrogens is 1. The zero-order valence-electron chi connectivity index (χ0n) is 7.36. The van der Waals surface area contributed by atoms with Gasteiger partial charge in [-0.25, -0.2) is 0 Å². The molecule has 2 rings (SSSR count). The zero-order chi connectivity index (χ0) is 9.10. The van der Waals surface area contributed by atoms with Gasteiger partial charge in [-0.1, -0.05) is 0 Å². The van der Waals surface area contributed by atoms with E-state index in [9.17, 15) is 0 Å². The van der Waals surface area contributed by atoms with Gasteiger partial charge in [0, 0.05) is 19.4 Å². The van der Waals surface area contributed by atoms with Crippen LogP contribution in [0, 0.1) is 0 Å². The molecular formula is C8H11N5. The summed E-state index contributed by atoms with van der Waals surface area (Å²) in [6.45, 7) is 0.760. The predicted octanol–water partition coefficient (Wildman–Crippen LogP) is 0.755. The fraction of sp³-hybridized carbons (Fsp3) is 0.250. The minimum Gasteiger partial charge on any atom is -0.377 e. The van der Waals surface area contributed by atoms with Gasteiger partial charge in [-0.05, 0) is 6.07 Å². The Hall–Kier alpha value is -1.78. The van der Waals surface area contributed by atoms with Gasteiger partial charge in [0.1, 0.15) is 0 Å². The maximum absolute atomic E-state index is 4.07. The lowest BCUT2D eigenvalue weighted by atomic mass is 10.4. The van der Waals surface area contributed by atoms with E-state index in [4.69, 9.17) is 0 Å². The molecule has 0 aromatic carbocycles. The lowest BCUT2D eigenvalue weighted by Gasteiger charge is -2.02. The first kappa shape index (κ1) is 7.85. The Labute approximate surface area is 75.8 Å². The van der Waals surface area contributed by atoms with Crippen LogP contribution in [0.15, 0.2) is 24.7 Å². The predicted molar refractivity (Wildman–Crippen MR) is 49.1 cm³/mol. The molecule has 0 bridgehead atoms. The van der Waals surface area contributed by atoms with Crippen molar-refractivity contribution in [3.63, 3.8) is 0 Å². The van der Waals surface area contributed by atoms with Gasteiger partial charge in [-0.15, -0.1) is 0 Å². The standard InChI is InChI=1S/C8H11N5/c1-13-8(2-3-12-13)6-9-7-4-10-11-5-7/h2-5,9H,6H2,1H3,(H,10,11). The van der Waals surface area contributed by atoms with Gasteiger partial charge in [-0.3, -0.25) is 9.78 Å². The summed E-state index contributed by atoms with van der Waals surface area (Å²) >= 11 is 0. The first-order chi connectivity index (χ1) is 6.36. The molecule has 0 aliphatic rings. The highest BCUT2D eigenvalue weighted by atomic mass is 15.3. The number of hydrogen-bond acceptors (Lipinski definition) is 3. The van der Waals surface area contributed by atoms with E-state index in [-0.39, 0.29) is 0 Å². The Morgan fingerprint density at radius 3 is 3.15 bits per heavy atom. The van der Waals surface area contributed by atoms with Crippen molar-refractivity contribution in [1.29, 1.82) is 0 Å². The molecule has 68 valence electrons. The van der Waals surface area contributed by atoms with Crippen molar-refractivity contribution in [2.24, 2.45) is 7.05 Å². The van der Waals surface area contributed by atoms with Gasteiger partial charge < -0.3 is 5.32 Å². The van der Waals surface area contributed by atoms with Crippen LogP contribution in [0.5, 0.6) is 0 Å². The van der Waals surface area contributed by atoms with Crippen LogP contribution in [0.4, 0.5) is 5.69 Å². The Morgan fingerprint density at radius 2 is 2.54 bits per heavy atom. The monoisotopic (exact) mass is 177 g/mol. The zero-order valence-corrected chi connectivity index (χ0v) is 7.36. The van der Waals surface area contributed by atoms with E-state index >= 15 is 0 Å². The fourth-order valence-electron chi connectivity index (χ4n) is 1.11. The van der Waals surface area contributed by atoms with Gasteiger partial charge in [0.2, 0.25) is 0 Å². The first-order valence-corrected chi connectivity index (χ1v) is 4.06. The number of anilines is 1. The Morgan fingerprint density at radius 1 is 1.62 bits per heavy atom. The van der Waals surface area contributed by atoms with Crippen molar-refractivity contribution < 1.29 is 0 Å². The van der Waals surface area contributed by atoms with Crippen LogP contribution < -0.4 is 5.32 Å². The molecule has 0 saturated carbocycles. The second-order valence-corrected chi connectivity index (χ2v) is 2.79. The highest BCUT2D eigenvalue weighted by molar-refractivity contribution is 5.37. The molecule has 0 fully saturated rings. The number of nitrogens with zero attached hydrogens (tertiary/aromatic N) is 3. The van der Waals surface area contributed by atoms with Crippen LogP contribution in [0.1, 0.15) is 5.69 Å². The summed E-state index contributed by atoms with van der Waals surface area (Å²) in [6, 6.07) is 1.98. The van der Waals surface area contributed by atoms with Crippen LogP contribution >= 0.6 is 0 Å². The van der Waals surface area contributed by atoms with Crippen molar-refractivity contribution in [2.45, 2.75) is 6.54 Å². The van der Waals surface area contributed by atoms with Crippen LogP contribution in [-0.4, -0.2) is 20.0 Å². The molecule has 0 spiro atoms. The second-order valence-electron chi connectivity index (χ2n) is 2.79. The van der Waals surface area contributed by atoms with E-state index in [1.54, 1.807) is 12.4 Å². The molecule has 13 heavy (non-hydrogen) atoms. The molecular weight excluding hydrogens is 166 g/mol. The second kappa shape index (κ2) is 3.30. The molecule has 2 N–H and O–H groups in total. The SMILES string of the molecule is Cn1nccc1CNc1cn[nH]c1. The molecule has 0 saturated heterocycles. The molecule has 2 aromatic heterocycles. The Kier molecular flexibility index (Phi) is 1.99. The van der Waals surface area contributed by atoms with Gasteiger partial charge in [-0.2, -0.15) is 10.2 Å². The average Bonchev–Trinajstić information content (AvgIpc) is 2.72. The number of aryl methyl sites for hydroxylation is 1. The van der Waals surface area contributed by atoms with Crippen molar-refractivity contribution >= 4 is 5.69 Å². The lowest BCUT2D eigenvalue weighted by Crippen LogP contribution is -2.04. The molecule has 5 heteroatoms. The summed E-state index contributed by atoms with van der Waals surface area (Å²) in [6.07, 6.45) is 5.35. The number of rotatable bonds is 3. The first-order valence-electron chi connectivity index (χ1n) is 4.06. The summed E-state index contributed by atoms with van der Waals surface area (Å²) in [5.74, 6) is 0. The maximum atomic E-state index is 4.07. The third-order valence-electron chi connectivity index (χ3n) is 1.89. The third-order valence-corrected chi connectivity index (χ3v) is 1.89. The van der Waals surface area contributed by atoms with Crippen molar-refractivity contribution in [2.75, 3.05) is 5.32 Å². The largest absolute Gasteiger partial charge is 0.377 e. The summed E-state index contributed by atoms with van der Waals surface area (Å²) in [4.78, 5) is 0. The minimum absolute atomic E-state index is 0.760. The molecule has 0 aliphatic heterocycles. The molecule has 0 atom stereocenters. The van der Waals surface area contributed by atoms with Gasteiger partial charge in [0.05, 0.1) is 24.1 Å². The molecule has 5 nitrogen and oxygen atoms in total. The van der Waals surface area contributed by atoms with Gasteiger partial charge in [0.15, 0.2) is 0 Å². The van der Waals surface area contributed by atoms with Crippen LogP contribution in [-0.2, 0) is 13.6 Å². The molecule has 0 radical (unpaired) electrons. The Balaban J connectivity index is 1.97. The van der Waals surface area contributed by atoms with E-state index in [0.717, 1.165) is 17.9 Å². The molecule has 0 aliphatic carbocycles. The fourth-order valence-corrected chi connectivity index (χ4v) is 1.11. The van der Waals surface area contributed by atoms with E-state index in [1.807, 2.05) is 24.0 Å². The number of aromatic amines is 1. The van der Waals surface area contributed by atoms with E-state index in [2.05, 4.69) is 20.6 Å². The van der Waals surface area contributed by atoms with E-state index < -0.39 is 0 Å². The molecule has 2 aromatic rings. The summed E-state index contributed by atoms with van der Waals surface area (Å²) in [5.41, 5.74) is 2.13. The quantitative estimate of drug-likeness (QED) is 0.727. The highest BCUT2D eigenvalue weighted by Crippen LogP contribution is 2.04. The van der Waals surface area contributed by atoms with Gasteiger partial charge in [0.25, 0.3) is 0 Å². The maximum Gasteiger partial charge on any atom is 0.0726 e. The number of nitrogens with one attached hydrogen (secondary N) is 2. The summed E-state index contributed by atoms with van der Waals surface area (Å²) in [7, 11) is 1.92. The third kappa shape index (κ3) is 1.69. The molecule has 0 amide bonds. The summed E-state index contributed by atoms with van der Waals surface area (Å²) < 4.78 is 1.84. The normalized spacial score (nSPS) is 10.2. The van der Waals surface area contributed by atoms with Gasteiger partial charge >= 0.3 is 0 Å². The van der Waals surface area contributed by atoms with Crippen molar-refractivity contribution in [3.8, 4) is 0 Å². The highest BCUT2D eigenvalue weighted by Gasteiger charge is 1.97. The minimum atomic E-state index is 0.760. The Bertz CT molecular complexity index is 362. The number of hydrogen-bond donors (Lipinski definition) is 2. The summed E-state index contributed by atoms with van der Waals surface area (Å²) in [5, 5.41) is 13.9. The van der Waals surface area contributed by atoms with Crippen LogP contribution in [0.2, 0.25) is 0 Å². The average molecular weight is 177 g/mol. The van der Waals surface area contributed by atoms with Crippen molar-refractivity contribution in [1.82, 2.24) is 20.0 Å². The van der Waals surface area contributed by atoms with E-state index in [1.165, 1.54) is 0 Å². The number of aromatic nitrogens is 4. The molecule has 2 heterocycles. The lowest BCUT2D eigenvalue weighted by molar-refractivity contribution is 0.720. The molecule has 0 unspecified atom stereocenters. The smallest absolute Gasteiger partial charge is 0.0726 e. The van der Waals surface area contributed by atoms with Crippen LogP contribution in [0.25, 0.3) is 0 Å². The van der Waals surface area contributed by atoms with E-state index in [0.29, 0.717) is 0 Å². The topological polar surface area (TPSA) is 58.5 Å². The van der Waals surface area contributed by atoms with Crippen molar-refractivity contribution in [3.05, 3.63) is 30.4 Å². The van der Waals surface area contributed by atoms with Crippen LogP contribution in [0.3, 0.4) is 0 Å².